The molecule has 64 heavy (non-hydrogen) atoms. The molecule has 0 fully saturated rings. The summed E-state index contributed by atoms with van der Waals surface area (Å²) in [6, 6.07) is 83.4. The highest BCUT2D eigenvalue weighted by atomic mass is 15.2. The minimum atomic E-state index is 0.702. The van der Waals surface area contributed by atoms with Crippen LogP contribution in [-0.2, 0) is 0 Å². The van der Waals surface area contributed by atoms with Gasteiger partial charge >= 0.3 is 0 Å². The van der Waals surface area contributed by atoms with Crippen molar-refractivity contribution >= 4 is 27.8 Å². The Hall–Kier alpha value is -8.67. The molecular formula is C59H39N5. The third-order valence-electron chi connectivity index (χ3n) is 12.2. The largest absolute Gasteiger partial charge is 0.277 e. The van der Waals surface area contributed by atoms with Crippen LogP contribution in [0.2, 0.25) is 0 Å². The molecule has 12 rings (SSSR count). The molecule has 5 nitrogen and oxygen atoms in total. The molecule has 0 aliphatic rings. The molecule has 0 spiro atoms. The quantitative estimate of drug-likeness (QED) is 0.153. The molecule has 0 bridgehead atoms. The lowest BCUT2D eigenvalue weighted by Crippen LogP contribution is -2.01. The van der Waals surface area contributed by atoms with Crippen LogP contribution in [0.4, 0.5) is 0 Å². The average molecular weight is 818 g/mol. The van der Waals surface area contributed by atoms with Gasteiger partial charge in [-0.25, -0.2) is 15.0 Å². The fourth-order valence-corrected chi connectivity index (χ4v) is 9.05. The fraction of sp³-hybridized carbons (Fsp3) is 0. The lowest BCUT2D eigenvalue weighted by molar-refractivity contribution is 1.11. The molecule has 0 aliphatic heterocycles. The number of fused-ring (bicyclic) bond motifs is 5. The maximum Gasteiger partial charge on any atom is 0.220 e. The Morgan fingerprint density at radius 1 is 0.281 bits per heavy atom. The van der Waals surface area contributed by atoms with Gasteiger partial charge in [-0.1, -0.05) is 206 Å². The number of aromatic nitrogens is 5. The Morgan fingerprint density at radius 2 is 0.719 bits per heavy atom. The molecule has 0 unspecified atom stereocenters. The molecule has 0 saturated carbocycles. The fourth-order valence-electron chi connectivity index (χ4n) is 9.05. The lowest BCUT2D eigenvalue weighted by atomic mass is 9.95. The molecule has 3 heterocycles. The first-order valence-corrected chi connectivity index (χ1v) is 21.6. The summed E-state index contributed by atoms with van der Waals surface area (Å²) in [4.78, 5) is 15.5. The van der Waals surface area contributed by atoms with Crippen molar-refractivity contribution in [2.45, 2.75) is 0 Å². The van der Waals surface area contributed by atoms with Crippen molar-refractivity contribution in [3.63, 3.8) is 0 Å². The molecule has 0 saturated heterocycles. The monoisotopic (exact) mass is 817 g/mol. The van der Waals surface area contributed by atoms with E-state index in [2.05, 4.69) is 209 Å². The van der Waals surface area contributed by atoms with Gasteiger partial charge in [-0.2, -0.15) is 0 Å². The van der Waals surface area contributed by atoms with Gasteiger partial charge in [-0.15, -0.1) is 0 Å². The van der Waals surface area contributed by atoms with Crippen molar-refractivity contribution in [2.24, 2.45) is 0 Å². The molecule has 3 aromatic heterocycles. The second-order valence-corrected chi connectivity index (χ2v) is 16.1. The van der Waals surface area contributed by atoms with Gasteiger partial charge in [0.25, 0.3) is 0 Å². The first-order valence-electron chi connectivity index (χ1n) is 21.6. The zero-order valence-corrected chi connectivity index (χ0v) is 34.8. The maximum absolute atomic E-state index is 5.47. The summed E-state index contributed by atoms with van der Waals surface area (Å²) < 4.78 is 4.72. The van der Waals surface area contributed by atoms with Gasteiger partial charge in [0, 0.05) is 27.8 Å². The first-order chi connectivity index (χ1) is 31.7. The summed E-state index contributed by atoms with van der Waals surface area (Å²) in [5, 5.41) is 0. The van der Waals surface area contributed by atoms with Crippen LogP contribution in [0.25, 0.3) is 112 Å². The Bertz CT molecular complexity index is 3500. The van der Waals surface area contributed by atoms with E-state index >= 15 is 0 Å². The van der Waals surface area contributed by atoms with E-state index in [1.807, 2.05) is 36.4 Å². The Morgan fingerprint density at radius 3 is 1.30 bits per heavy atom. The summed E-state index contributed by atoms with van der Waals surface area (Å²) in [5.41, 5.74) is 19.1. The smallest absolute Gasteiger partial charge is 0.220 e. The normalized spacial score (nSPS) is 11.4. The molecule has 0 radical (unpaired) electrons. The Labute approximate surface area is 370 Å². The van der Waals surface area contributed by atoms with E-state index in [-0.39, 0.29) is 0 Å². The van der Waals surface area contributed by atoms with Crippen LogP contribution in [0.1, 0.15) is 0 Å². The molecular weight excluding hydrogens is 779 g/mol. The van der Waals surface area contributed by atoms with E-state index in [1.54, 1.807) is 0 Å². The number of hydrogen-bond acceptors (Lipinski definition) is 3. The highest BCUT2D eigenvalue weighted by Crippen LogP contribution is 2.41. The van der Waals surface area contributed by atoms with Crippen molar-refractivity contribution in [1.29, 1.82) is 0 Å². The van der Waals surface area contributed by atoms with Crippen LogP contribution in [0.3, 0.4) is 0 Å². The van der Waals surface area contributed by atoms with Gasteiger partial charge in [-0.3, -0.25) is 8.97 Å². The molecule has 0 aliphatic carbocycles. The highest BCUT2D eigenvalue weighted by molar-refractivity contribution is 5.98. The molecule has 0 atom stereocenters. The summed E-state index contributed by atoms with van der Waals surface area (Å²) in [5.74, 6) is 1.56. The third kappa shape index (κ3) is 6.55. The van der Waals surface area contributed by atoms with Crippen molar-refractivity contribution in [1.82, 2.24) is 23.9 Å². The minimum absolute atomic E-state index is 0.702. The number of imidazole rings is 2. The average Bonchev–Trinajstić information content (AvgIpc) is 3.91. The van der Waals surface area contributed by atoms with Gasteiger partial charge in [-0.05, 0) is 63.7 Å². The van der Waals surface area contributed by atoms with E-state index in [9.17, 15) is 0 Å². The lowest BCUT2D eigenvalue weighted by Gasteiger charge is -2.18. The molecule has 9 aromatic carbocycles. The van der Waals surface area contributed by atoms with Crippen molar-refractivity contribution in [3.8, 4) is 84.1 Å². The van der Waals surface area contributed by atoms with Gasteiger partial charge in [0.1, 0.15) is 0 Å². The zero-order chi connectivity index (χ0) is 42.4. The minimum Gasteiger partial charge on any atom is -0.277 e. The molecule has 5 heteroatoms. The van der Waals surface area contributed by atoms with E-state index < -0.39 is 0 Å². The van der Waals surface area contributed by atoms with Crippen LogP contribution >= 0.6 is 0 Å². The summed E-state index contributed by atoms with van der Waals surface area (Å²) in [6.45, 7) is 0. The van der Waals surface area contributed by atoms with Crippen LogP contribution in [-0.4, -0.2) is 23.9 Å². The molecule has 12 aromatic rings. The first kappa shape index (κ1) is 37.1. The van der Waals surface area contributed by atoms with Crippen LogP contribution in [0.15, 0.2) is 237 Å². The molecule has 300 valence electrons. The van der Waals surface area contributed by atoms with Gasteiger partial charge < -0.3 is 0 Å². The van der Waals surface area contributed by atoms with Crippen LogP contribution < -0.4 is 0 Å². The van der Waals surface area contributed by atoms with Gasteiger partial charge in [0.15, 0.2) is 5.82 Å². The van der Waals surface area contributed by atoms with Crippen LogP contribution in [0, 0.1) is 0 Å². The number of hydrogen-bond donors (Lipinski definition) is 0. The van der Waals surface area contributed by atoms with Crippen molar-refractivity contribution in [2.75, 3.05) is 0 Å². The Kier molecular flexibility index (Phi) is 9.08. The van der Waals surface area contributed by atoms with E-state index in [0.717, 1.165) is 101 Å². The van der Waals surface area contributed by atoms with Gasteiger partial charge in [0.2, 0.25) is 5.78 Å². The summed E-state index contributed by atoms with van der Waals surface area (Å²) in [7, 11) is 0. The highest BCUT2D eigenvalue weighted by Gasteiger charge is 2.23. The SMILES string of the molecule is c1ccc(-c2ccc3c(c2)n2c4cc(-c5ccc(-c6cc(-c7ccccc7)nc(-c7ccccc7)n6)cc5)ccc4nc2n3-c2c(-c3ccccc3)cccc2-c2ccccc2)cc1. The summed E-state index contributed by atoms with van der Waals surface area (Å²) in [6.07, 6.45) is 0. The van der Waals surface area contributed by atoms with Crippen LogP contribution in [0.5, 0.6) is 0 Å². The van der Waals surface area contributed by atoms with E-state index in [4.69, 9.17) is 15.0 Å². The second kappa shape index (κ2) is 15.7. The predicted octanol–water partition coefficient (Wildman–Crippen LogP) is 14.9. The predicted molar refractivity (Wildman–Crippen MR) is 263 cm³/mol. The van der Waals surface area contributed by atoms with Crippen molar-refractivity contribution < 1.29 is 0 Å². The topological polar surface area (TPSA) is 48.0 Å². The van der Waals surface area contributed by atoms with E-state index in [1.165, 1.54) is 5.56 Å². The Balaban J connectivity index is 1.04. The maximum atomic E-state index is 5.47. The zero-order valence-electron chi connectivity index (χ0n) is 34.8. The number of nitrogens with zero attached hydrogens (tertiary/aromatic N) is 5. The van der Waals surface area contributed by atoms with Crippen molar-refractivity contribution in [3.05, 3.63) is 237 Å². The number of rotatable bonds is 8. The standard InChI is InChI=1S/C59H39N5/c1-6-17-40(18-7-1)48-34-36-54-56(38-48)63-55-37-47(41-29-31-45(32-30-41)53-39-52(44-23-12-4-13-24-44)60-58(61-53)46-25-14-5-15-26-46)33-35-51(55)62-59(63)64(54)57-49(42-19-8-2-9-20-42)27-16-28-50(57)43-21-10-3-11-22-43/h1-39H. The van der Waals surface area contributed by atoms with Gasteiger partial charge in [0.05, 0.1) is 39.1 Å². The molecule has 0 amide bonds. The summed E-state index contributed by atoms with van der Waals surface area (Å²) >= 11 is 0. The second-order valence-electron chi connectivity index (χ2n) is 16.1. The number of benzene rings is 9. The van der Waals surface area contributed by atoms with E-state index in [0.29, 0.717) is 5.82 Å². The molecule has 0 N–H and O–H groups in total. The number of para-hydroxylation sites is 1. The third-order valence-corrected chi connectivity index (χ3v) is 12.2.